The van der Waals surface area contributed by atoms with Crippen molar-refractivity contribution in [2.24, 2.45) is 7.05 Å². The van der Waals surface area contributed by atoms with Crippen LogP contribution in [0, 0.1) is 0 Å². The second kappa shape index (κ2) is 5.89. The molecule has 1 aromatic heterocycles. The summed E-state index contributed by atoms with van der Waals surface area (Å²) in [5.41, 5.74) is 1.79. The number of β-amino-alcohol motifs (C(OH)–C–C–N with tert-alkyl or cyclic N) is 1. The number of hydrogen-bond donors (Lipinski definition) is 2. The van der Waals surface area contributed by atoms with E-state index in [0.29, 0.717) is 5.92 Å². The van der Waals surface area contributed by atoms with Crippen LogP contribution in [0.4, 0.5) is 0 Å². The normalized spacial score (nSPS) is 27.0. The molecule has 124 valence electrons. The summed E-state index contributed by atoms with van der Waals surface area (Å²) in [6.07, 6.45) is 3.12. The second-order valence-corrected chi connectivity index (χ2v) is 7.22. The van der Waals surface area contributed by atoms with Gasteiger partial charge in [0.05, 0.1) is 16.6 Å². The van der Waals surface area contributed by atoms with E-state index in [9.17, 15) is 5.11 Å². The van der Waals surface area contributed by atoms with Crippen LogP contribution in [0.2, 0.25) is 0 Å². The summed E-state index contributed by atoms with van der Waals surface area (Å²) in [7, 11) is 2.13. The summed E-state index contributed by atoms with van der Waals surface area (Å²) in [4.78, 5) is 7.29. The molecule has 2 N–H and O–H groups in total. The van der Waals surface area contributed by atoms with E-state index >= 15 is 0 Å². The zero-order valence-corrected chi connectivity index (χ0v) is 13.8. The highest BCUT2D eigenvalue weighted by molar-refractivity contribution is 5.75. The first-order valence-electron chi connectivity index (χ1n) is 8.71. The van der Waals surface area contributed by atoms with Crippen molar-refractivity contribution in [3.8, 4) is 0 Å². The lowest BCUT2D eigenvalue weighted by molar-refractivity contribution is 0.0135. The van der Waals surface area contributed by atoms with Gasteiger partial charge >= 0.3 is 0 Å². The van der Waals surface area contributed by atoms with Crippen LogP contribution in [0.5, 0.6) is 0 Å². The number of nitrogens with one attached hydrogen (secondary N) is 1. The van der Waals surface area contributed by atoms with Gasteiger partial charge in [0, 0.05) is 26.1 Å². The molecular weight excluding hydrogens is 288 g/mol. The highest BCUT2D eigenvalue weighted by Gasteiger charge is 2.34. The fourth-order valence-corrected chi connectivity index (χ4v) is 4.16. The lowest BCUT2D eigenvalue weighted by Gasteiger charge is -2.36. The third-order valence-corrected chi connectivity index (χ3v) is 5.51. The molecule has 0 amide bonds. The lowest BCUT2D eigenvalue weighted by atomic mass is 9.94. The molecule has 0 bridgehead atoms. The first-order chi connectivity index (χ1) is 11.1. The van der Waals surface area contributed by atoms with Gasteiger partial charge in [-0.3, -0.25) is 0 Å². The quantitative estimate of drug-likeness (QED) is 0.901. The largest absolute Gasteiger partial charge is 0.387 e. The predicted octanol–water partition coefficient (Wildman–Crippen LogP) is 1.48. The minimum Gasteiger partial charge on any atom is -0.387 e. The third kappa shape index (κ3) is 2.89. The van der Waals surface area contributed by atoms with Gasteiger partial charge in [-0.1, -0.05) is 12.1 Å². The van der Waals surface area contributed by atoms with Crippen LogP contribution >= 0.6 is 0 Å². The number of benzene rings is 1. The molecule has 5 heteroatoms. The zero-order valence-electron chi connectivity index (χ0n) is 13.8. The average molecular weight is 314 g/mol. The van der Waals surface area contributed by atoms with Crippen molar-refractivity contribution < 1.29 is 5.11 Å². The number of likely N-dealkylation sites (tertiary alicyclic amines) is 1. The van der Waals surface area contributed by atoms with Crippen molar-refractivity contribution in [1.29, 1.82) is 0 Å². The number of piperidine rings is 1. The summed E-state index contributed by atoms with van der Waals surface area (Å²) in [5, 5.41) is 13.8. The van der Waals surface area contributed by atoms with Gasteiger partial charge < -0.3 is 19.9 Å². The van der Waals surface area contributed by atoms with Gasteiger partial charge in [-0.05, 0) is 51.0 Å². The number of fused-ring (bicyclic) bond motifs is 1. The Morgan fingerprint density at radius 2 is 2.09 bits per heavy atom. The van der Waals surface area contributed by atoms with Crippen molar-refractivity contribution in [2.75, 3.05) is 32.7 Å². The number of aryl methyl sites for hydroxylation is 1. The molecule has 0 spiro atoms. The van der Waals surface area contributed by atoms with Gasteiger partial charge in [0.1, 0.15) is 5.82 Å². The van der Waals surface area contributed by atoms with Gasteiger partial charge in [0.2, 0.25) is 0 Å². The Kier molecular flexibility index (Phi) is 3.87. The van der Waals surface area contributed by atoms with Crippen LogP contribution < -0.4 is 5.32 Å². The van der Waals surface area contributed by atoms with Gasteiger partial charge in [-0.15, -0.1) is 0 Å². The highest BCUT2D eigenvalue weighted by Crippen LogP contribution is 2.30. The van der Waals surface area contributed by atoms with E-state index in [-0.39, 0.29) is 0 Å². The molecule has 1 unspecified atom stereocenters. The molecule has 2 saturated heterocycles. The number of imidazole rings is 1. The summed E-state index contributed by atoms with van der Waals surface area (Å²) < 4.78 is 2.25. The summed E-state index contributed by atoms with van der Waals surface area (Å²) in [6, 6.07) is 8.37. The minimum atomic E-state index is -0.523. The van der Waals surface area contributed by atoms with Gasteiger partial charge in [-0.2, -0.15) is 0 Å². The molecule has 2 aromatic rings. The van der Waals surface area contributed by atoms with Gasteiger partial charge in [0.15, 0.2) is 0 Å². The SMILES string of the molecule is Cn1c(C2CCN(CC3(O)CCNC3)CC2)nc2ccccc21. The van der Waals surface area contributed by atoms with Crippen molar-refractivity contribution in [3.05, 3.63) is 30.1 Å². The second-order valence-electron chi connectivity index (χ2n) is 7.22. The van der Waals surface area contributed by atoms with Crippen LogP contribution in [-0.2, 0) is 7.05 Å². The van der Waals surface area contributed by atoms with Crippen molar-refractivity contribution in [1.82, 2.24) is 19.8 Å². The van der Waals surface area contributed by atoms with Gasteiger partial charge in [-0.25, -0.2) is 4.98 Å². The molecule has 0 aliphatic carbocycles. The summed E-state index contributed by atoms with van der Waals surface area (Å²) >= 11 is 0. The van der Waals surface area contributed by atoms with E-state index in [0.717, 1.165) is 57.5 Å². The van der Waals surface area contributed by atoms with Crippen LogP contribution in [0.3, 0.4) is 0 Å². The fourth-order valence-electron chi connectivity index (χ4n) is 4.16. The molecule has 1 aromatic carbocycles. The molecular formula is C18H26N4O. The van der Waals surface area contributed by atoms with E-state index in [1.54, 1.807) is 0 Å². The van der Waals surface area contributed by atoms with Crippen molar-refractivity contribution in [2.45, 2.75) is 30.8 Å². The van der Waals surface area contributed by atoms with Gasteiger partial charge in [0.25, 0.3) is 0 Å². The molecule has 0 radical (unpaired) electrons. The Hall–Kier alpha value is -1.43. The van der Waals surface area contributed by atoms with E-state index < -0.39 is 5.60 Å². The number of hydrogen-bond acceptors (Lipinski definition) is 4. The van der Waals surface area contributed by atoms with Crippen LogP contribution in [-0.4, -0.2) is 57.9 Å². The molecule has 0 saturated carbocycles. The minimum absolute atomic E-state index is 0.523. The number of para-hydroxylation sites is 2. The van der Waals surface area contributed by atoms with Crippen molar-refractivity contribution in [3.63, 3.8) is 0 Å². The number of aromatic nitrogens is 2. The Balaban J connectivity index is 1.43. The molecule has 2 aliphatic rings. The molecule has 5 nitrogen and oxygen atoms in total. The standard InChI is InChI=1S/C18H26N4O/c1-21-16-5-3-2-4-15(16)20-17(21)14-6-10-22(11-7-14)13-18(23)8-9-19-12-18/h2-5,14,19,23H,6-13H2,1H3. The summed E-state index contributed by atoms with van der Waals surface area (Å²) in [6.45, 7) is 4.58. The maximum atomic E-state index is 10.5. The Morgan fingerprint density at radius 3 is 2.78 bits per heavy atom. The molecule has 23 heavy (non-hydrogen) atoms. The third-order valence-electron chi connectivity index (χ3n) is 5.51. The highest BCUT2D eigenvalue weighted by atomic mass is 16.3. The van der Waals surface area contributed by atoms with Crippen LogP contribution in [0.25, 0.3) is 11.0 Å². The Morgan fingerprint density at radius 1 is 1.30 bits per heavy atom. The van der Waals surface area contributed by atoms with E-state index in [2.05, 4.69) is 46.1 Å². The van der Waals surface area contributed by atoms with Crippen molar-refractivity contribution >= 4 is 11.0 Å². The molecule has 2 fully saturated rings. The van der Waals surface area contributed by atoms with E-state index in [1.807, 2.05) is 0 Å². The maximum absolute atomic E-state index is 10.5. The molecule has 4 rings (SSSR count). The Labute approximate surface area is 137 Å². The molecule has 2 aliphatic heterocycles. The first kappa shape index (κ1) is 15.1. The monoisotopic (exact) mass is 314 g/mol. The predicted molar refractivity (Wildman–Crippen MR) is 91.6 cm³/mol. The van der Waals surface area contributed by atoms with Crippen LogP contribution in [0.15, 0.2) is 24.3 Å². The fraction of sp³-hybridized carbons (Fsp3) is 0.611. The smallest absolute Gasteiger partial charge is 0.112 e. The lowest BCUT2D eigenvalue weighted by Crippen LogP contribution is -2.47. The first-order valence-corrected chi connectivity index (χ1v) is 8.71. The number of aliphatic hydroxyl groups is 1. The summed E-state index contributed by atoms with van der Waals surface area (Å²) in [5.74, 6) is 1.74. The molecule has 1 atom stereocenters. The zero-order chi connectivity index (χ0) is 15.9. The number of rotatable bonds is 3. The number of nitrogens with zero attached hydrogens (tertiary/aromatic N) is 3. The van der Waals surface area contributed by atoms with Crippen LogP contribution in [0.1, 0.15) is 31.0 Å². The topological polar surface area (TPSA) is 53.3 Å². The van der Waals surface area contributed by atoms with E-state index in [4.69, 9.17) is 4.98 Å². The maximum Gasteiger partial charge on any atom is 0.112 e. The van der Waals surface area contributed by atoms with E-state index in [1.165, 1.54) is 11.3 Å². The Bertz CT molecular complexity index is 681. The average Bonchev–Trinajstić information content (AvgIpc) is 3.13. The molecule has 3 heterocycles.